The molecule has 2 aromatic heterocycles. The van der Waals surface area contributed by atoms with Gasteiger partial charge in [-0.15, -0.1) is 0 Å². The van der Waals surface area contributed by atoms with Crippen molar-refractivity contribution in [2.24, 2.45) is 7.05 Å². The van der Waals surface area contributed by atoms with Gasteiger partial charge < -0.3 is 23.8 Å². The number of pyridine rings is 1. The van der Waals surface area contributed by atoms with E-state index in [9.17, 15) is 4.79 Å². The Bertz CT molecular complexity index is 1670. The van der Waals surface area contributed by atoms with Crippen molar-refractivity contribution in [2.45, 2.75) is 31.7 Å². The maximum Gasteiger partial charge on any atom is 0.410 e. The number of fused-ring (bicyclic) bond motifs is 3. The summed E-state index contributed by atoms with van der Waals surface area (Å²) in [5.74, 6) is 0. The molecule has 3 aromatic carbocycles. The summed E-state index contributed by atoms with van der Waals surface area (Å²) in [6.45, 7) is 3.46. The van der Waals surface area contributed by atoms with E-state index in [0.717, 1.165) is 31.5 Å². The molecular formula is C34H34N4O3. The lowest BCUT2D eigenvalue weighted by molar-refractivity contribution is -0.0516. The number of carbonyl (C=O) groups excluding carboxylic acids is 1. The van der Waals surface area contributed by atoms with Crippen molar-refractivity contribution < 1.29 is 14.3 Å². The number of anilines is 1. The van der Waals surface area contributed by atoms with Crippen LogP contribution in [0, 0.1) is 0 Å². The van der Waals surface area contributed by atoms with E-state index in [0.29, 0.717) is 19.7 Å². The molecule has 2 aliphatic rings. The minimum Gasteiger partial charge on any atom is -0.445 e. The Morgan fingerprint density at radius 1 is 0.854 bits per heavy atom. The molecule has 0 atom stereocenters. The number of aryl methyl sites for hydroxylation is 1. The lowest BCUT2D eigenvalue weighted by atomic mass is 10.0. The highest BCUT2D eigenvalue weighted by Crippen LogP contribution is 2.33. The summed E-state index contributed by atoms with van der Waals surface area (Å²) in [6.07, 6.45) is 5.69. The summed E-state index contributed by atoms with van der Waals surface area (Å²) in [5, 5.41) is 2.42. The average molecular weight is 547 g/mol. The molecule has 0 bridgehead atoms. The van der Waals surface area contributed by atoms with Gasteiger partial charge in [0.1, 0.15) is 6.61 Å². The van der Waals surface area contributed by atoms with Crippen LogP contribution in [0.25, 0.3) is 32.9 Å². The number of likely N-dealkylation sites (tertiary alicyclic amines) is 1. The van der Waals surface area contributed by atoms with Crippen molar-refractivity contribution in [3.05, 3.63) is 96.8 Å². The van der Waals surface area contributed by atoms with Gasteiger partial charge in [-0.25, -0.2) is 4.79 Å². The number of piperidine rings is 1. The standard InChI is InChI=1S/C34H34N4O3/c1-36-32-13-16-35-20-31(32)30-12-9-26(19-33(30)36)25-7-10-27(11-8-25)38-21-29(22-38)41-28-14-17-37(18-15-28)34(39)40-23-24-5-3-2-4-6-24/h2-13,16,19-20,28-29H,14-15,17-18,21-23H2,1H3. The van der Waals surface area contributed by atoms with Crippen LogP contribution in [-0.2, 0) is 23.1 Å². The Kier molecular flexibility index (Phi) is 6.80. The van der Waals surface area contributed by atoms with E-state index in [-0.39, 0.29) is 18.3 Å². The number of hydrogen-bond acceptors (Lipinski definition) is 5. The fourth-order valence-corrected chi connectivity index (χ4v) is 6.09. The molecule has 0 aliphatic carbocycles. The first-order chi connectivity index (χ1) is 20.1. The molecule has 0 spiro atoms. The zero-order chi connectivity index (χ0) is 27.8. The molecule has 1 amide bonds. The number of amides is 1. The van der Waals surface area contributed by atoms with Gasteiger partial charge in [0.25, 0.3) is 0 Å². The van der Waals surface area contributed by atoms with Gasteiger partial charge in [-0.2, -0.15) is 0 Å². The summed E-state index contributed by atoms with van der Waals surface area (Å²) in [7, 11) is 2.12. The number of hydrogen-bond donors (Lipinski definition) is 0. The fourth-order valence-electron chi connectivity index (χ4n) is 6.09. The van der Waals surface area contributed by atoms with Crippen LogP contribution < -0.4 is 4.90 Å². The quantitative estimate of drug-likeness (QED) is 0.247. The summed E-state index contributed by atoms with van der Waals surface area (Å²) in [6, 6.07) is 27.4. The Balaban J connectivity index is 0.896. The Labute approximate surface area is 239 Å². The Hall–Kier alpha value is -4.36. The van der Waals surface area contributed by atoms with Gasteiger partial charge in [-0.05, 0) is 53.8 Å². The van der Waals surface area contributed by atoms with E-state index in [1.54, 1.807) is 4.90 Å². The second-order valence-electron chi connectivity index (χ2n) is 11.1. The van der Waals surface area contributed by atoms with Crippen molar-refractivity contribution in [2.75, 3.05) is 31.1 Å². The summed E-state index contributed by atoms with van der Waals surface area (Å²) in [4.78, 5) is 20.9. The molecule has 0 saturated carbocycles. The first-order valence-electron chi connectivity index (χ1n) is 14.4. The van der Waals surface area contributed by atoms with Crippen LogP contribution >= 0.6 is 0 Å². The van der Waals surface area contributed by atoms with Crippen molar-refractivity contribution in [3.63, 3.8) is 0 Å². The molecule has 2 saturated heterocycles. The summed E-state index contributed by atoms with van der Waals surface area (Å²) in [5.41, 5.74) is 7.06. The van der Waals surface area contributed by atoms with Crippen LogP contribution in [-0.4, -0.2) is 58.9 Å². The van der Waals surface area contributed by atoms with Gasteiger partial charge in [-0.3, -0.25) is 4.98 Å². The number of nitrogens with zero attached hydrogens (tertiary/aromatic N) is 4. The predicted molar refractivity (Wildman–Crippen MR) is 162 cm³/mol. The van der Waals surface area contributed by atoms with E-state index in [4.69, 9.17) is 9.47 Å². The van der Waals surface area contributed by atoms with E-state index in [1.807, 2.05) is 42.7 Å². The third kappa shape index (κ3) is 5.13. The van der Waals surface area contributed by atoms with E-state index < -0.39 is 0 Å². The van der Waals surface area contributed by atoms with Crippen LogP contribution in [0.3, 0.4) is 0 Å². The van der Waals surface area contributed by atoms with Gasteiger partial charge in [0, 0.05) is 67.6 Å². The first-order valence-corrected chi connectivity index (χ1v) is 14.4. The maximum atomic E-state index is 12.4. The molecule has 41 heavy (non-hydrogen) atoms. The zero-order valence-corrected chi connectivity index (χ0v) is 23.3. The van der Waals surface area contributed by atoms with Crippen LogP contribution in [0.2, 0.25) is 0 Å². The normalized spacial score (nSPS) is 16.3. The molecule has 0 N–H and O–H groups in total. The van der Waals surface area contributed by atoms with Crippen molar-refractivity contribution in [1.82, 2.24) is 14.5 Å². The van der Waals surface area contributed by atoms with Gasteiger partial charge >= 0.3 is 6.09 Å². The van der Waals surface area contributed by atoms with Crippen LogP contribution in [0.1, 0.15) is 18.4 Å². The van der Waals surface area contributed by atoms with Crippen molar-refractivity contribution in [3.8, 4) is 11.1 Å². The fraction of sp³-hybridized carbons (Fsp3) is 0.294. The molecule has 7 nitrogen and oxygen atoms in total. The molecule has 4 heterocycles. The molecule has 7 heteroatoms. The molecular weight excluding hydrogens is 512 g/mol. The maximum absolute atomic E-state index is 12.4. The molecule has 0 radical (unpaired) electrons. The van der Waals surface area contributed by atoms with Crippen molar-refractivity contribution >= 4 is 33.6 Å². The molecule has 2 aliphatic heterocycles. The number of ether oxygens (including phenoxy) is 2. The summed E-state index contributed by atoms with van der Waals surface area (Å²) >= 11 is 0. The van der Waals surface area contributed by atoms with Gasteiger partial charge in [0.2, 0.25) is 0 Å². The highest BCUT2D eigenvalue weighted by Gasteiger charge is 2.32. The number of aromatic nitrogens is 2. The Morgan fingerprint density at radius 2 is 1.61 bits per heavy atom. The molecule has 208 valence electrons. The lowest BCUT2D eigenvalue weighted by Gasteiger charge is -2.43. The van der Waals surface area contributed by atoms with Crippen LogP contribution in [0.15, 0.2) is 91.3 Å². The van der Waals surface area contributed by atoms with Crippen LogP contribution in [0.4, 0.5) is 10.5 Å². The van der Waals surface area contributed by atoms with Gasteiger partial charge in [0.05, 0.1) is 17.7 Å². The number of carbonyl (C=O) groups is 1. The number of benzene rings is 3. The highest BCUT2D eigenvalue weighted by atomic mass is 16.6. The monoisotopic (exact) mass is 546 g/mol. The minimum atomic E-state index is -0.236. The highest BCUT2D eigenvalue weighted by molar-refractivity contribution is 6.08. The summed E-state index contributed by atoms with van der Waals surface area (Å²) < 4.78 is 14.1. The molecule has 0 unspecified atom stereocenters. The SMILES string of the molecule is Cn1c2ccncc2c2ccc(-c3ccc(N4CC(OC5CCN(C(=O)OCc6ccccc6)CC5)C4)cc3)cc21. The topological polar surface area (TPSA) is 59.8 Å². The van der Waals surface area contributed by atoms with Crippen molar-refractivity contribution in [1.29, 1.82) is 0 Å². The second-order valence-corrected chi connectivity index (χ2v) is 11.1. The predicted octanol–water partition coefficient (Wildman–Crippen LogP) is 6.40. The lowest BCUT2D eigenvalue weighted by Crippen LogP contribution is -2.54. The van der Waals surface area contributed by atoms with E-state index >= 15 is 0 Å². The molecule has 5 aromatic rings. The zero-order valence-electron chi connectivity index (χ0n) is 23.3. The van der Waals surface area contributed by atoms with E-state index in [1.165, 1.54) is 38.6 Å². The molecule has 7 rings (SSSR count). The third-order valence-electron chi connectivity index (χ3n) is 8.51. The average Bonchev–Trinajstić information content (AvgIpc) is 3.29. The van der Waals surface area contributed by atoms with Gasteiger partial charge in [-0.1, -0.05) is 54.6 Å². The van der Waals surface area contributed by atoms with E-state index in [2.05, 4.69) is 70.0 Å². The third-order valence-corrected chi connectivity index (χ3v) is 8.51. The Morgan fingerprint density at radius 3 is 2.39 bits per heavy atom. The van der Waals surface area contributed by atoms with Crippen LogP contribution in [0.5, 0.6) is 0 Å². The number of rotatable bonds is 6. The first kappa shape index (κ1) is 25.6. The smallest absolute Gasteiger partial charge is 0.410 e. The van der Waals surface area contributed by atoms with Gasteiger partial charge in [0.15, 0.2) is 0 Å². The minimum absolute atomic E-state index is 0.197. The largest absolute Gasteiger partial charge is 0.445 e. The second kappa shape index (κ2) is 10.9. The molecule has 2 fully saturated rings.